The average molecular weight is 237 g/mol. The normalized spacial score (nSPS) is 11.6. The van der Waals surface area contributed by atoms with Crippen LogP contribution in [0.25, 0.3) is 0 Å². The summed E-state index contributed by atoms with van der Waals surface area (Å²) in [5, 5.41) is 0. The van der Waals surface area contributed by atoms with E-state index in [1.165, 1.54) is 17.1 Å². The van der Waals surface area contributed by atoms with Crippen molar-refractivity contribution < 1.29 is 9.59 Å². The van der Waals surface area contributed by atoms with Gasteiger partial charge in [0.1, 0.15) is 0 Å². The molecule has 0 radical (unpaired) electrons. The number of hydrogen-bond donors (Lipinski definition) is 0. The fourth-order valence-electron chi connectivity index (χ4n) is 1.68. The monoisotopic (exact) mass is 237 g/mol. The van der Waals surface area contributed by atoms with Crippen molar-refractivity contribution in [3.8, 4) is 0 Å². The Balaban J connectivity index is 4.59. The van der Waals surface area contributed by atoms with Gasteiger partial charge in [-0.05, 0) is 24.5 Å². The number of hydrogen-bond acceptors (Lipinski definition) is 2. The van der Waals surface area contributed by atoms with Crippen molar-refractivity contribution in [3.05, 3.63) is 25.3 Å². The van der Waals surface area contributed by atoms with Crippen LogP contribution in [0, 0.1) is 5.92 Å². The fourth-order valence-corrected chi connectivity index (χ4v) is 1.68. The molecule has 0 heterocycles. The predicted octanol–water partition coefficient (Wildman–Crippen LogP) is 2.93. The highest BCUT2D eigenvalue weighted by Crippen LogP contribution is 2.15. The van der Waals surface area contributed by atoms with E-state index in [1.54, 1.807) is 0 Å². The van der Waals surface area contributed by atoms with Gasteiger partial charge in [0.25, 0.3) is 11.8 Å². The zero-order chi connectivity index (χ0) is 13.3. The van der Waals surface area contributed by atoms with Gasteiger partial charge >= 0.3 is 0 Å². The van der Waals surface area contributed by atoms with Crippen LogP contribution in [0.3, 0.4) is 0 Å². The molecule has 0 aromatic carbocycles. The Morgan fingerprint density at radius 1 is 1.18 bits per heavy atom. The molecule has 2 amide bonds. The molecule has 0 aliphatic rings. The Morgan fingerprint density at radius 3 is 2.06 bits per heavy atom. The first-order valence-corrected chi connectivity index (χ1v) is 6.20. The summed E-state index contributed by atoms with van der Waals surface area (Å²) in [6.07, 6.45) is 6.60. The van der Waals surface area contributed by atoms with E-state index in [0.717, 1.165) is 25.7 Å². The van der Waals surface area contributed by atoms with Crippen LogP contribution in [0.5, 0.6) is 0 Å². The summed E-state index contributed by atoms with van der Waals surface area (Å²) in [5.41, 5.74) is 0. The van der Waals surface area contributed by atoms with Gasteiger partial charge in [-0.25, -0.2) is 0 Å². The lowest BCUT2D eigenvalue weighted by molar-refractivity contribution is -0.139. The maximum Gasteiger partial charge on any atom is 0.252 e. The number of imide groups is 1. The summed E-state index contributed by atoms with van der Waals surface area (Å²) in [4.78, 5) is 24.4. The standard InChI is InChI=1S/C14H23NO2/c1-5-9-10-12(6-2)11-15(13(16)7-3)14(17)8-4/h7-8,12H,3-6,9-11H2,1-2H3. The van der Waals surface area contributed by atoms with Gasteiger partial charge in [0.2, 0.25) is 0 Å². The SMILES string of the molecule is C=CC(=O)N(CC(CC)CCCC)C(=O)C=C. The van der Waals surface area contributed by atoms with Crippen LogP contribution in [-0.4, -0.2) is 23.3 Å². The van der Waals surface area contributed by atoms with Crippen molar-refractivity contribution >= 4 is 11.8 Å². The van der Waals surface area contributed by atoms with Crippen molar-refractivity contribution in [2.24, 2.45) is 5.92 Å². The summed E-state index contributed by atoms with van der Waals surface area (Å²) in [6, 6.07) is 0. The highest BCUT2D eigenvalue weighted by molar-refractivity contribution is 6.04. The van der Waals surface area contributed by atoms with Crippen molar-refractivity contribution in [3.63, 3.8) is 0 Å². The van der Waals surface area contributed by atoms with Gasteiger partial charge in [-0.3, -0.25) is 14.5 Å². The third-order valence-electron chi connectivity index (χ3n) is 2.87. The van der Waals surface area contributed by atoms with Gasteiger partial charge in [-0.2, -0.15) is 0 Å². The molecule has 0 fully saturated rings. The molecule has 3 nitrogen and oxygen atoms in total. The second kappa shape index (κ2) is 8.74. The molecule has 0 aliphatic heterocycles. The van der Waals surface area contributed by atoms with E-state index >= 15 is 0 Å². The number of carbonyl (C=O) groups is 2. The Bertz CT molecular complexity index is 264. The van der Waals surface area contributed by atoms with Crippen LogP contribution >= 0.6 is 0 Å². The van der Waals surface area contributed by atoms with Gasteiger partial charge in [0, 0.05) is 6.54 Å². The second-order valence-electron chi connectivity index (χ2n) is 4.11. The van der Waals surface area contributed by atoms with Crippen LogP contribution < -0.4 is 0 Å². The number of unbranched alkanes of at least 4 members (excludes halogenated alkanes) is 1. The number of nitrogens with zero attached hydrogens (tertiary/aromatic N) is 1. The Morgan fingerprint density at radius 2 is 1.71 bits per heavy atom. The molecule has 0 aromatic rings. The average Bonchev–Trinajstić information content (AvgIpc) is 2.37. The van der Waals surface area contributed by atoms with Crippen molar-refractivity contribution in [2.45, 2.75) is 39.5 Å². The van der Waals surface area contributed by atoms with E-state index in [2.05, 4.69) is 27.0 Å². The first-order valence-electron chi connectivity index (χ1n) is 6.20. The summed E-state index contributed by atoms with van der Waals surface area (Å²) < 4.78 is 0. The Hall–Kier alpha value is -1.38. The quantitative estimate of drug-likeness (QED) is 0.609. The Kier molecular flexibility index (Phi) is 8.03. The van der Waals surface area contributed by atoms with Crippen LogP contribution in [0.1, 0.15) is 39.5 Å². The zero-order valence-corrected chi connectivity index (χ0v) is 10.9. The minimum Gasteiger partial charge on any atom is -0.275 e. The topological polar surface area (TPSA) is 37.4 Å². The third kappa shape index (κ3) is 5.48. The molecule has 1 unspecified atom stereocenters. The molecule has 0 spiro atoms. The van der Waals surface area contributed by atoms with E-state index in [-0.39, 0.29) is 11.8 Å². The number of carbonyl (C=O) groups excluding carboxylic acids is 2. The van der Waals surface area contributed by atoms with Gasteiger partial charge in [-0.1, -0.05) is 46.3 Å². The smallest absolute Gasteiger partial charge is 0.252 e. The summed E-state index contributed by atoms with van der Waals surface area (Å²) >= 11 is 0. The summed E-state index contributed by atoms with van der Waals surface area (Å²) in [7, 11) is 0. The first kappa shape index (κ1) is 15.6. The molecule has 96 valence electrons. The molecule has 0 N–H and O–H groups in total. The lowest BCUT2D eigenvalue weighted by atomic mass is 9.98. The molecular formula is C14H23NO2. The molecule has 0 saturated heterocycles. The lowest BCUT2D eigenvalue weighted by Gasteiger charge is -2.23. The minimum absolute atomic E-state index is 0.343. The van der Waals surface area contributed by atoms with Crippen molar-refractivity contribution in [1.29, 1.82) is 0 Å². The van der Waals surface area contributed by atoms with E-state index in [9.17, 15) is 9.59 Å². The molecule has 1 atom stereocenters. The zero-order valence-electron chi connectivity index (χ0n) is 10.9. The van der Waals surface area contributed by atoms with E-state index in [1.807, 2.05) is 0 Å². The van der Waals surface area contributed by atoms with Crippen LogP contribution in [-0.2, 0) is 9.59 Å². The fraction of sp³-hybridized carbons (Fsp3) is 0.571. The molecule has 0 rings (SSSR count). The minimum atomic E-state index is -0.343. The third-order valence-corrected chi connectivity index (χ3v) is 2.87. The van der Waals surface area contributed by atoms with Crippen LogP contribution in [0.2, 0.25) is 0 Å². The van der Waals surface area contributed by atoms with Gasteiger partial charge < -0.3 is 0 Å². The van der Waals surface area contributed by atoms with Crippen LogP contribution in [0.15, 0.2) is 25.3 Å². The van der Waals surface area contributed by atoms with Crippen molar-refractivity contribution in [2.75, 3.05) is 6.54 Å². The molecule has 0 bridgehead atoms. The second-order valence-corrected chi connectivity index (χ2v) is 4.11. The lowest BCUT2D eigenvalue weighted by Crippen LogP contribution is -2.38. The molecule has 0 aliphatic carbocycles. The predicted molar refractivity (Wildman–Crippen MR) is 70.4 cm³/mol. The largest absolute Gasteiger partial charge is 0.275 e. The summed E-state index contributed by atoms with van der Waals surface area (Å²) in [6.45, 7) is 11.5. The van der Waals surface area contributed by atoms with Crippen LogP contribution in [0.4, 0.5) is 0 Å². The van der Waals surface area contributed by atoms with Gasteiger partial charge in [-0.15, -0.1) is 0 Å². The van der Waals surface area contributed by atoms with Gasteiger partial charge in [0.05, 0.1) is 0 Å². The molecular weight excluding hydrogens is 214 g/mol. The van der Waals surface area contributed by atoms with E-state index < -0.39 is 0 Å². The van der Waals surface area contributed by atoms with Gasteiger partial charge in [0.15, 0.2) is 0 Å². The molecule has 0 saturated carbocycles. The first-order chi connectivity index (χ1) is 8.10. The highest BCUT2D eigenvalue weighted by Gasteiger charge is 2.20. The number of rotatable bonds is 8. The molecule has 17 heavy (non-hydrogen) atoms. The maximum absolute atomic E-state index is 11.6. The highest BCUT2D eigenvalue weighted by atomic mass is 16.2. The molecule has 3 heteroatoms. The maximum atomic E-state index is 11.6. The van der Waals surface area contributed by atoms with E-state index in [4.69, 9.17) is 0 Å². The Labute approximate surface area is 104 Å². The number of amides is 2. The molecule has 0 aromatic heterocycles. The van der Waals surface area contributed by atoms with Crippen molar-refractivity contribution in [1.82, 2.24) is 4.90 Å². The summed E-state index contributed by atoms with van der Waals surface area (Å²) in [5.74, 6) is -0.322. The van der Waals surface area contributed by atoms with E-state index in [0.29, 0.717) is 12.5 Å².